The van der Waals surface area contributed by atoms with Crippen molar-refractivity contribution in [2.24, 2.45) is 0 Å². The Morgan fingerprint density at radius 1 is 1.82 bits per heavy atom. The summed E-state index contributed by atoms with van der Waals surface area (Å²) >= 11 is 0. The molecule has 1 aromatic rings. The fourth-order valence-corrected chi connectivity index (χ4v) is 0.731. The maximum absolute atomic E-state index is 8.42. The number of methoxy groups -OCH3 is 1. The second-order valence-corrected chi connectivity index (χ2v) is 2.07. The van der Waals surface area contributed by atoms with Gasteiger partial charge in [0.15, 0.2) is 5.69 Å². The summed E-state index contributed by atoms with van der Waals surface area (Å²) in [6.45, 7) is 1.31. The number of ether oxygens (including phenoxy) is 1. The highest BCUT2D eigenvalue weighted by atomic mass is 16.5. The van der Waals surface area contributed by atoms with E-state index >= 15 is 0 Å². The van der Waals surface area contributed by atoms with Crippen LogP contribution < -0.4 is 0 Å². The molecule has 0 saturated carbocycles. The monoisotopic (exact) mass is 151 g/mol. The molecule has 0 spiro atoms. The van der Waals surface area contributed by atoms with Gasteiger partial charge in [0.05, 0.1) is 13.2 Å². The Labute approximate surface area is 65.0 Å². The van der Waals surface area contributed by atoms with Crippen molar-refractivity contribution in [2.75, 3.05) is 13.7 Å². The molecule has 0 N–H and O–H groups in total. The Balaban J connectivity index is 2.53. The first-order chi connectivity index (χ1) is 5.36. The third-order valence-corrected chi connectivity index (χ3v) is 1.28. The molecule has 4 heteroatoms. The highest BCUT2D eigenvalue weighted by Crippen LogP contribution is 1.92. The third-order valence-electron chi connectivity index (χ3n) is 1.28. The first-order valence-corrected chi connectivity index (χ1v) is 3.29. The van der Waals surface area contributed by atoms with Crippen molar-refractivity contribution < 1.29 is 4.74 Å². The van der Waals surface area contributed by atoms with Crippen LogP contribution in [0.25, 0.3) is 0 Å². The Bertz CT molecular complexity index is 261. The van der Waals surface area contributed by atoms with E-state index in [1.165, 1.54) is 0 Å². The Morgan fingerprint density at radius 2 is 2.64 bits per heavy atom. The summed E-state index contributed by atoms with van der Waals surface area (Å²) in [6, 6.07) is 3.63. The van der Waals surface area contributed by atoms with Crippen molar-refractivity contribution in [2.45, 2.75) is 6.54 Å². The second-order valence-electron chi connectivity index (χ2n) is 2.07. The molecule has 0 radical (unpaired) electrons. The van der Waals surface area contributed by atoms with Crippen molar-refractivity contribution in [1.29, 1.82) is 5.26 Å². The number of nitriles is 1. The van der Waals surface area contributed by atoms with E-state index in [4.69, 9.17) is 10.00 Å². The van der Waals surface area contributed by atoms with Crippen LogP contribution in [0, 0.1) is 11.3 Å². The zero-order valence-electron chi connectivity index (χ0n) is 6.32. The van der Waals surface area contributed by atoms with E-state index in [0.29, 0.717) is 18.8 Å². The minimum Gasteiger partial charge on any atom is -0.383 e. The molecule has 0 aliphatic heterocycles. The average molecular weight is 151 g/mol. The van der Waals surface area contributed by atoms with Crippen LogP contribution >= 0.6 is 0 Å². The van der Waals surface area contributed by atoms with Gasteiger partial charge in [0.2, 0.25) is 0 Å². The predicted molar refractivity (Wildman–Crippen MR) is 38.8 cm³/mol. The van der Waals surface area contributed by atoms with Crippen molar-refractivity contribution in [3.05, 3.63) is 18.0 Å². The summed E-state index contributed by atoms with van der Waals surface area (Å²) in [5.41, 5.74) is 0.445. The largest absolute Gasteiger partial charge is 0.383 e. The SMILES string of the molecule is COCCn1ccc(C#N)n1. The first-order valence-electron chi connectivity index (χ1n) is 3.29. The van der Waals surface area contributed by atoms with E-state index in [9.17, 15) is 0 Å². The highest BCUT2D eigenvalue weighted by Gasteiger charge is 1.94. The van der Waals surface area contributed by atoms with Gasteiger partial charge >= 0.3 is 0 Å². The summed E-state index contributed by atoms with van der Waals surface area (Å²) in [5.74, 6) is 0. The normalized spacial score (nSPS) is 9.45. The Hall–Kier alpha value is -1.34. The van der Waals surface area contributed by atoms with Gasteiger partial charge in [-0.1, -0.05) is 0 Å². The van der Waals surface area contributed by atoms with Gasteiger partial charge in [-0.05, 0) is 6.07 Å². The second kappa shape index (κ2) is 3.74. The van der Waals surface area contributed by atoms with Crippen molar-refractivity contribution >= 4 is 0 Å². The van der Waals surface area contributed by atoms with Crippen LogP contribution in [0.3, 0.4) is 0 Å². The summed E-state index contributed by atoms with van der Waals surface area (Å²) in [4.78, 5) is 0. The van der Waals surface area contributed by atoms with Crippen LogP contribution in [0.4, 0.5) is 0 Å². The number of rotatable bonds is 3. The zero-order chi connectivity index (χ0) is 8.10. The number of hydrogen-bond donors (Lipinski definition) is 0. The minimum atomic E-state index is 0.445. The van der Waals surface area contributed by atoms with E-state index in [1.54, 1.807) is 24.1 Å². The van der Waals surface area contributed by atoms with Crippen molar-refractivity contribution in [3.8, 4) is 6.07 Å². The predicted octanol–water partition coefficient (Wildman–Crippen LogP) is 0.401. The molecule has 0 saturated heterocycles. The lowest BCUT2D eigenvalue weighted by Crippen LogP contribution is -2.04. The standard InChI is InChI=1S/C7H9N3O/c1-11-5-4-10-3-2-7(6-8)9-10/h2-3H,4-5H2,1H3. The van der Waals surface area contributed by atoms with Crippen LogP contribution in [0.5, 0.6) is 0 Å². The van der Waals surface area contributed by atoms with Crippen LogP contribution in [0.2, 0.25) is 0 Å². The molecule has 58 valence electrons. The fraction of sp³-hybridized carbons (Fsp3) is 0.429. The molecule has 0 aliphatic carbocycles. The molecule has 0 aromatic carbocycles. The molecule has 0 atom stereocenters. The maximum atomic E-state index is 8.42. The molecule has 0 aliphatic rings. The summed E-state index contributed by atoms with van der Waals surface area (Å²) in [6.07, 6.45) is 1.76. The Kier molecular flexibility index (Phi) is 2.64. The van der Waals surface area contributed by atoms with Crippen molar-refractivity contribution in [1.82, 2.24) is 9.78 Å². The molecule has 0 fully saturated rings. The first kappa shape index (κ1) is 7.76. The maximum Gasteiger partial charge on any atom is 0.162 e. The van der Waals surface area contributed by atoms with E-state index in [2.05, 4.69) is 5.10 Å². The number of nitrogens with zero attached hydrogens (tertiary/aromatic N) is 3. The van der Waals surface area contributed by atoms with Gasteiger partial charge in [-0.25, -0.2) is 0 Å². The molecule has 1 heterocycles. The van der Waals surface area contributed by atoms with Crippen LogP contribution in [0.15, 0.2) is 12.3 Å². The minimum absolute atomic E-state index is 0.445. The third kappa shape index (κ3) is 2.06. The molecule has 1 aromatic heterocycles. The smallest absolute Gasteiger partial charge is 0.162 e. The van der Waals surface area contributed by atoms with Gasteiger partial charge in [-0.15, -0.1) is 0 Å². The van der Waals surface area contributed by atoms with E-state index in [1.807, 2.05) is 6.07 Å². The van der Waals surface area contributed by atoms with E-state index < -0.39 is 0 Å². The summed E-state index contributed by atoms with van der Waals surface area (Å²) in [7, 11) is 1.63. The molecular weight excluding hydrogens is 142 g/mol. The molecule has 1 rings (SSSR count). The van der Waals surface area contributed by atoms with Crippen LogP contribution in [0.1, 0.15) is 5.69 Å². The molecular formula is C7H9N3O. The lowest BCUT2D eigenvalue weighted by molar-refractivity contribution is 0.183. The highest BCUT2D eigenvalue weighted by molar-refractivity contribution is 5.16. The van der Waals surface area contributed by atoms with Crippen molar-refractivity contribution in [3.63, 3.8) is 0 Å². The average Bonchev–Trinajstić information content (AvgIpc) is 2.48. The molecule has 0 amide bonds. The summed E-state index contributed by atoms with van der Waals surface area (Å²) < 4.78 is 6.53. The van der Waals surface area contributed by atoms with E-state index in [-0.39, 0.29) is 0 Å². The quantitative estimate of drug-likeness (QED) is 0.628. The molecule has 11 heavy (non-hydrogen) atoms. The van der Waals surface area contributed by atoms with Gasteiger partial charge in [0.25, 0.3) is 0 Å². The van der Waals surface area contributed by atoms with Gasteiger partial charge in [-0.2, -0.15) is 10.4 Å². The molecule has 4 nitrogen and oxygen atoms in total. The zero-order valence-corrected chi connectivity index (χ0v) is 6.32. The fourth-order valence-electron chi connectivity index (χ4n) is 0.731. The van der Waals surface area contributed by atoms with Gasteiger partial charge in [-0.3, -0.25) is 4.68 Å². The van der Waals surface area contributed by atoms with Crippen LogP contribution in [-0.4, -0.2) is 23.5 Å². The number of aromatic nitrogens is 2. The molecule has 0 bridgehead atoms. The molecule has 0 unspecified atom stereocenters. The van der Waals surface area contributed by atoms with Crippen LogP contribution in [-0.2, 0) is 11.3 Å². The lowest BCUT2D eigenvalue weighted by atomic mass is 10.5. The topological polar surface area (TPSA) is 50.8 Å². The lowest BCUT2D eigenvalue weighted by Gasteiger charge is -1.97. The van der Waals surface area contributed by atoms with Gasteiger partial charge in [0.1, 0.15) is 6.07 Å². The van der Waals surface area contributed by atoms with Gasteiger partial charge < -0.3 is 4.74 Å². The Morgan fingerprint density at radius 3 is 3.18 bits per heavy atom. The van der Waals surface area contributed by atoms with Gasteiger partial charge in [0, 0.05) is 13.3 Å². The summed E-state index contributed by atoms with van der Waals surface area (Å²) in [5, 5.41) is 12.4. The number of hydrogen-bond acceptors (Lipinski definition) is 3. The van der Waals surface area contributed by atoms with E-state index in [0.717, 1.165) is 0 Å².